The molecule has 0 saturated heterocycles. The molecular formula is C14H31O3P. The third-order valence-corrected chi connectivity index (χ3v) is 3.79. The molecule has 0 aromatic heterocycles. The van der Waals surface area contributed by atoms with E-state index in [9.17, 15) is 4.57 Å². The smallest absolute Gasteiger partial charge is 0.316 e. The fourth-order valence-electron chi connectivity index (χ4n) is 2.22. The zero-order valence-electron chi connectivity index (χ0n) is 12.1. The van der Waals surface area contributed by atoms with Crippen LogP contribution in [0.5, 0.6) is 0 Å². The molecule has 0 bridgehead atoms. The predicted molar refractivity (Wildman–Crippen MR) is 78.2 cm³/mol. The number of rotatable bonds is 13. The van der Waals surface area contributed by atoms with Gasteiger partial charge in [-0.15, -0.1) is 0 Å². The standard InChI is InChI=1S/C14H31O3P/c1-3-5-7-9-11-14(13-17-18(15)16)12-10-8-6-4-2/h14,18H,3-13H2,1-2H3,(H,15,16). The van der Waals surface area contributed by atoms with Gasteiger partial charge in [0.05, 0.1) is 6.61 Å². The maximum absolute atomic E-state index is 10.6. The third kappa shape index (κ3) is 12.6. The normalized spacial score (nSPS) is 13.1. The summed E-state index contributed by atoms with van der Waals surface area (Å²) in [5, 5.41) is 0. The van der Waals surface area contributed by atoms with Gasteiger partial charge in [0.25, 0.3) is 0 Å². The largest absolute Gasteiger partial charge is 0.326 e. The summed E-state index contributed by atoms with van der Waals surface area (Å²) in [7, 11) is -2.75. The lowest BCUT2D eigenvalue weighted by Crippen LogP contribution is -2.07. The molecule has 1 unspecified atom stereocenters. The highest BCUT2D eigenvalue weighted by Gasteiger charge is 2.10. The molecule has 0 amide bonds. The Hall–Kier alpha value is 0.150. The Kier molecular flexibility index (Phi) is 13.7. The van der Waals surface area contributed by atoms with E-state index in [2.05, 4.69) is 13.8 Å². The van der Waals surface area contributed by atoms with Crippen molar-refractivity contribution in [1.82, 2.24) is 0 Å². The van der Waals surface area contributed by atoms with Gasteiger partial charge in [-0.3, -0.25) is 4.57 Å². The SMILES string of the molecule is CCCCCCC(CCCCCC)CO[PH](=O)O. The van der Waals surface area contributed by atoms with E-state index in [-0.39, 0.29) is 0 Å². The average molecular weight is 278 g/mol. The van der Waals surface area contributed by atoms with Crippen molar-refractivity contribution < 1.29 is 14.0 Å². The summed E-state index contributed by atoms with van der Waals surface area (Å²) in [5.74, 6) is 0.472. The lowest BCUT2D eigenvalue weighted by molar-refractivity contribution is 0.211. The first-order chi connectivity index (χ1) is 8.70. The Balaban J connectivity index is 3.73. The van der Waals surface area contributed by atoms with Crippen LogP contribution in [0.3, 0.4) is 0 Å². The molecule has 0 rings (SSSR count). The molecule has 1 atom stereocenters. The van der Waals surface area contributed by atoms with Crippen molar-refractivity contribution in [2.75, 3.05) is 6.61 Å². The van der Waals surface area contributed by atoms with Crippen molar-refractivity contribution in [2.45, 2.75) is 78.1 Å². The van der Waals surface area contributed by atoms with E-state index in [0.29, 0.717) is 12.5 Å². The van der Waals surface area contributed by atoms with Gasteiger partial charge in [0.2, 0.25) is 0 Å². The second kappa shape index (κ2) is 13.6. The molecular weight excluding hydrogens is 247 g/mol. The van der Waals surface area contributed by atoms with Gasteiger partial charge in [-0.2, -0.15) is 0 Å². The maximum Gasteiger partial charge on any atom is 0.316 e. The number of unbranched alkanes of at least 4 members (excludes halogenated alkanes) is 6. The van der Waals surface area contributed by atoms with Crippen LogP contribution in [0.1, 0.15) is 78.1 Å². The molecule has 0 aromatic rings. The van der Waals surface area contributed by atoms with E-state index in [1.54, 1.807) is 0 Å². The monoisotopic (exact) mass is 278 g/mol. The van der Waals surface area contributed by atoms with Gasteiger partial charge in [-0.05, 0) is 18.8 Å². The molecule has 0 aliphatic carbocycles. The van der Waals surface area contributed by atoms with Gasteiger partial charge in [-0.25, -0.2) is 0 Å². The molecule has 1 N–H and O–H groups in total. The first-order valence-corrected chi connectivity index (χ1v) is 8.82. The molecule has 0 heterocycles. The molecule has 18 heavy (non-hydrogen) atoms. The second-order valence-corrected chi connectivity index (χ2v) is 5.96. The molecule has 110 valence electrons. The Morgan fingerprint density at radius 3 is 1.83 bits per heavy atom. The van der Waals surface area contributed by atoms with Crippen molar-refractivity contribution in [2.24, 2.45) is 5.92 Å². The summed E-state index contributed by atoms with van der Waals surface area (Å²) in [6.45, 7) is 4.89. The zero-order valence-corrected chi connectivity index (χ0v) is 13.1. The van der Waals surface area contributed by atoms with Crippen LogP contribution >= 0.6 is 8.25 Å². The van der Waals surface area contributed by atoms with Crippen molar-refractivity contribution in [3.05, 3.63) is 0 Å². The van der Waals surface area contributed by atoms with Gasteiger partial charge < -0.3 is 9.42 Å². The van der Waals surface area contributed by atoms with Crippen LogP contribution < -0.4 is 0 Å². The van der Waals surface area contributed by atoms with Gasteiger partial charge >= 0.3 is 8.25 Å². The molecule has 0 spiro atoms. The highest BCUT2D eigenvalue weighted by atomic mass is 31.1. The number of hydrogen-bond donors (Lipinski definition) is 1. The highest BCUT2D eigenvalue weighted by Crippen LogP contribution is 2.23. The highest BCUT2D eigenvalue weighted by molar-refractivity contribution is 7.32. The van der Waals surface area contributed by atoms with Crippen molar-refractivity contribution in [1.29, 1.82) is 0 Å². The van der Waals surface area contributed by atoms with Crippen molar-refractivity contribution >= 4 is 8.25 Å². The maximum atomic E-state index is 10.6. The lowest BCUT2D eigenvalue weighted by atomic mass is 9.95. The summed E-state index contributed by atoms with van der Waals surface area (Å²) < 4.78 is 15.5. The quantitative estimate of drug-likeness (QED) is 0.383. The number of hydrogen-bond acceptors (Lipinski definition) is 2. The van der Waals surface area contributed by atoms with E-state index in [1.165, 1.54) is 51.4 Å². The Morgan fingerprint density at radius 2 is 1.44 bits per heavy atom. The van der Waals surface area contributed by atoms with Gasteiger partial charge in [0, 0.05) is 0 Å². The van der Waals surface area contributed by atoms with Crippen LogP contribution in [0.15, 0.2) is 0 Å². The van der Waals surface area contributed by atoms with E-state index in [4.69, 9.17) is 9.42 Å². The van der Waals surface area contributed by atoms with E-state index in [0.717, 1.165) is 12.8 Å². The Labute approximate surface area is 113 Å². The molecule has 0 aliphatic rings. The summed E-state index contributed by atoms with van der Waals surface area (Å²) >= 11 is 0. The van der Waals surface area contributed by atoms with Crippen molar-refractivity contribution in [3.63, 3.8) is 0 Å². The Morgan fingerprint density at radius 1 is 0.944 bits per heavy atom. The minimum atomic E-state index is -2.75. The fraction of sp³-hybridized carbons (Fsp3) is 1.00. The van der Waals surface area contributed by atoms with Crippen LogP contribution in [0.25, 0.3) is 0 Å². The first kappa shape index (κ1) is 18.1. The molecule has 0 aromatic carbocycles. The average Bonchev–Trinajstić information content (AvgIpc) is 2.35. The molecule has 0 fully saturated rings. The van der Waals surface area contributed by atoms with Crippen LogP contribution in [0.2, 0.25) is 0 Å². The summed E-state index contributed by atoms with van der Waals surface area (Å²) in [6.07, 6.45) is 12.4. The lowest BCUT2D eigenvalue weighted by Gasteiger charge is -2.16. The second-order valence-electron chi connectivity index (χ2n) is 5.14. The fourth-order valence-corrected chi connectivity index (χ4v) is 2.60. The van der Waals surface area contributed by atoms with Crippen LogP contribution in [0, 0.1) is 5.92 Å². The zero-order chi connectivity index (χ0) is 13.6. The van der Waals surface area contributed by atoms with E-state index in [1.807, 2.05) is 0 Å². The third-order valence-electron chi connectivity index (χ3n) is 3.37. The summed E-state index contributed by atoms with van der Waals surface area (Å²) in [6, 6.07) is 0. The molecule has 0 saturated carbocycles. The molecule has 4 heteroatoms. The molecule has 0 aliphatic heterocycles. The van der Waals surface area contributed by atoms with Gasteiger partial charge in [0.1, 0.15) is 0 Å². The minimum Gasteiger partial charge on any atom is -0.326 e. The Bertz CT molecular complexity index is 185. The summed E-state index contributed by atoms with van der Waals surface area (Å²) in [4.78, 5) is 8.74. The first-order valence-electron chi connectivity index (χ1n) is 7.56. The topological polar surface area (TPSA) is 46.5 Å². The van der Waals surface area contributed by atoms with E-state index < -0.39 is 8.25 Å². The van der Waals surface area contributed by atoms with Crippen LogP contribution in [0.4, 0.5) is 0 Å². The summed E-state index contributed by atoms with van der Waals surface area (Å²) in [5.41, 5.74) is 0. The predicted octanol–water partition coefficient (Wildman–Crippen LogP) is 4.94. The molecule has 0 radical (unpaired) electrons. The van der Waals surface area contributed by atoms with Crippen molar-refractivity contribution in [3.8, 4) is 0 Å². The van der Waals surface area contributed by atoms with Gasteiger partial charge in [0.15, 0.2) is 0 Å². The van der Waals surface area contributed by atoms with E-state index >= 15 is 0 Å². The van der Waals surface area contributed by atoms with Gasteiger partial charge in [-0.1, -0.05) is 65.2 Å². The van der Waals surface area contributed by atoms with Crippen LogP contribution in [-0.4, -0.2) is 11.5 Å². The molecule has 3 nitrogen and oxygen atoms in total. The van der Waals surface area contributed by atoms with Crippen LogP contribution in [-0.2, 0) is 9.09 Å². The minimum absolute atomic E-state index is 0.465.